The highest BCUT2D eigenvalue weighted by Gasteiger charge is 2.31. The van der Waals surface area contributed by atoms with Crippen LogP contribution in [0, 0.1) is 5.92 Å². The van der Waals surface area contributed by atoms with E-state index in [2.05, 4.69) is 22.5 Å². The van der Waals surface area contributed by atoms with E-state index in [1.54, 1.807) is 30.1 Å². The van der Waals surface area contributed by atoms with E-state index < -0.39 is 0 Å². The zero-order chi connectivity index (χ0) is 19.4. The summed E-state index contributed by atoms with van der Waals surface area (Å²) in [5.74, 6) is 0.474. The van der Waals surface area contributed by atoms with Gasteiger partial charge in [0, 0.05) is 32.1 Å². The molecule has 3 amide bonds. The topological polar surface area (TPSA) is 73.9 Å². The first-order valence-electron chi connectivity index (χ1n) is 8.96. The largest absolute Gasteiger partial charge is 0.486 e. The molecule has 0 aromatic heterocycles. The molecule has 2 N–H and O–H groups in total. The first-order chi connectivity index (χ1) is 12.2. The number of carbonyl (C=O) groups is 2. The molecule has 0 saturated carbocycles. The molecule has 0 aliphatic carbocycles. The highest BCUT2D eigenvalue weighted by atomic mass is 16.5. The van der Waals surface area contributed by atoms with Gasteiger partial charge in [-0.2, -0.15) is 0 Å². The number of nitrogens with zero attached hydrogens (tertiary/aromatic N) is 2. The molecule has 7 heteroatoms. The summed E-state index contributed by atoms with van der Waals surface area (Å²) >= 11 is 0. The molecule has 1 aliphatic heterocycles. The second-order valence-electron chi connectivity index (χ2n) is 7.52. The third-order valence-electron chi connectivity index (χ3n) is 4.27. The van der Waals surface area contributed by atoms with Crippen molar-refractivity contribution in [1.82, 2.24) is 15.1 Å². The first kappa shape index (κ1) is 20.0. The molecule has 0 unspecified atom stereocenters. The molecule has 0 bridgehead atoms. The molecule has 1 aromatic rings. The Bertz CT molecular complexity index is 660. The maximum absolute atomic E-state index is 12.8. The fourth-order valence-electron chi connectivity index (χ4n) is 3.03. The Morgan fingerprint density at radius 2 is 2.08 bits per heavy atom. The molecule has 7 nitrogen and oxygen atoms in total. The minimum Gasteiger partial charge on any atom is -0.486 e. The monoisotopic (exact) mass is 362 g/mol. The zero-order valence-corrected chi connectivity index (χ0v) is 16.5. The van der Waals surface area contributed by atoms with Crippen molar-refractivity contribution >= 4 is 17.6 Å². The van der Waals surface area contributed by atoms with Crippen molar-refractivity contribution < 1.29 is 14.3 Å². The summed E-state index contributed by atoms with van der Waals surface area (Å²) in [6, 6.07) is 4.94. The normalized spacial score (nSPS) is 20.3. The second-order valence-corrected chi connectivity index (χ2v) is 7.52. The van der Waals surface area contributed by atoms with Crippen LogP contribution in [-0.4, -0.2) is 68.1 Å². The molecule has 1 aliphatic rings. The van der Waals surface area contributed by atoms with Crippen molar-refractivity contribution in [2.45, 2.75) is 32.9 Å². The van der Waals surface area contributed by atoms with E-state index in [-0.39, 0.29) is 30.0 Å². The Kier molecular flexibility index (Phi) is 6.47. The lowest BCUT2D eigenvalue weighted by molar-refractivity contribution is 0.0578. The van der Waals surface area contributed by atoms with Crippen LogP contribution < -0.4 is 15.4 Å². The maximum Gasteiger partial charge on any atom is 0.319 e. The van der Waals surface area contributed by atoms with Crippen LogP contribution in [0.4, 0.5) is 10.5 Å². The van der Waals surface area contributed by atoms with Crippen molar-refractivity contribution in [2.75, 3.05) is 39.5 Å². The third kappa shape index (κ3) is 4.88. The fraction of sp³-hybridized carbons (Fsp3) is 0.579. The number of benzene rings is 1. The average molecular weight is 362 g/mol. The molecule has 0 radical (unpaired) electrons. The number of nitrogens with one attached hydrogen (secondary N) is 2. The predicted molar refractivity (Wildman–Crippen MR) is 103 cm³/mol. The summed E-state index contributed by atoms with van der Waals surface area (Å²) < 4.78 is 6.28. The van der Waals surface area contributed by atoms with Crippen LogP contribution in [0.1, 0.15) is 31.1 Å². The number of para-hydroxylation sites is 1. The number of carbonyl (C=O) groups excluding carboxylic acids is 2. The van der Waals surface area contributed by atoms with Gasteiger partial charge in [-0.1, -0.05) is 13.0 Å². The average Bonchev–Trinajstić information content (AvgIpc) is 2.52. The molecule has 1 aromatic carbocycles. The van der Waals surface area contributed by atoms with Crippen LogP contribution in [0.3, 0.4) is 0 Å². The van der Waals surface area contributed by atoms with Crippen molar-refractivity contribution in [1.29, 1.82) is 0 Å². The first-order valence-corrected chi connectivity index (χ1v) is 8.96. The van der Waals surface area contributed by atoms with Crippen molar-refractivity contribution in [3.05, 3.63) is 23.8 Å². The highest BCUT2D eigenvalue weighted by molar-refractivity contribution is 6.01. The minimum absolute atomic E-state index is 0.00992. The van der Waals surface area contributed by atoms with E-state index in [0.717, 1.165) is 6.54 Å². The number of ether oxygens (including phenoxy) is 1. The standard InChI is InChI=1S/C19H30N4O3/c1-12(2)20-19(25)21-15-9-7-8-14-17(15)26-16(11-22(4)5)13(3)10-23(6)18(14)24/h7-9,12-13,16H,10-11H2,1-6H3,(H2,20,21,25)/t13-,16+/m0/s1. The van der Waals surface area contributed by atoms with Crippen LogP contribution in [0.25, 0.3) is 0 Å². The van der Waals surface area contributed by atoms with Gasteiger partial charge in [-0.3, -0.25) is 4.79 Å². The summed E-state index contributed by atoms with van der Waals surface area (Å²) in [6.45, 7) is 7.18. The van der Waals surface area contributed by atoms with E-state index >= 15 is 0 Å². The quantitative estimate of drug-likeness (QED) is 0.862. The lowest BCUT2D eigenvalue weighted by atomic mass is 10.0. The van der Waals surface area contributed by atoms with Crippen molar-refractivity contribution in [2.24, 2.45) is 5.92 Å². The highest BCUT2D eigenvalue weighted by Crippen LogP contribution is 2.34. The summed E-state index contributed by atoms with van der Waals surface area (Å²) in [5, 5.41) is 5.60. The van der Waals surface area contributed by atoms with Gasteiger partial charge < -0.3 is 25.2 Å². The molecule has 2 atom stereocenters. The second kappa shape index (κ2) is 8.40. The van der Waals surface area contributed by atoms with Crippen LogP contribution in [-0.2, 0) is 0 Å². The molecular weight excluding hydrogens is 332 g/mol. The Morgan fingerprint density at radius 3 is 2.69 bits per heavy atom. The maximum atomic E-state index is 12.8. The third-order valence-corrected chi connectivity index (χ3v) is 4.27. The fourth-order valence-corrected chi connectivity index (χ4v) is 3.03. The van der Waals surface area contributed by atoms with E-state index in [1.807, 2.05) is 27.9 Å². The van der Waals surface area contributed by atoms with Crippen LogP contribution in [0.15, 0.2) is 18.2 Å². The van der Waals surface area contributed by atoms with Crippen molar-refractivity contribution in [3.63, 3.8) is 0 Å². The van der Waals surface area contributed by atoms with E-state index in [9.17, 15) is 9.59 Å². The van der Waals surface area contributed by atoms with Gasteiger partial charge >= 0.3 is 6.03 Å². The Morgan fingerprint density at radius 1 is 1.38 bits per heavy atom. The molecule has 0 fully saturated rings. The number of hydrogen-bond donors (Lipinski definition) is 2. The number of fused-ring (bicyclic) bond motifs is 1. The molecule has 0 saturated heterocycles. The van der Waals surface area contributed by atoms with Crippen LogP contribution >= 0.6 is 0 Å². The van der Waals surface area contributed by atoms with Crippen molar-refractivity contribution in [3.8, 4) is 5.75 Å². The van der Waals surface area contributed by atoms with E-state index in [0.29, 0.717) is 23.5 Å². The van der Waals surface area contributed by atoms with Gasteiger partial charge in [0.1, 0.15) is 6.10 Å². The number of rotatable bonds is 4. The summed E-state index contributed by atoms with van der Waals surface area (Å²) in [7, 11) is 5.78. The van der Waals surface area contributed by atoms with Gasteiger partial charge in [-0.25, -0.2) is 4.79 Å². The zero-order valence-electron chi connectivity index (χ0n) is 16.5. The van der Waals surface area contributed by atoms with E-state index in [1.165, 1.54) is 0 Å². The van der Waals surface area contributed by atoms with E-state index in [4.69, 9.17) is 4.74 Å². The lowest BCUT2D eigenvalue weighted by Gasteiger charge is -2.34. The van der Waals surface area contributed by atoms with Gasteiger partial charge in [0.25, 0.3) is 5.91 Å². The predicted octanol–water partition coefficient (Wildman–Crippen LogP) is 2.25. The molecular formula is C19H30N4O3. The minimum atomic E-state index is -0.322. The number of amides is 3. The number of urea groups is 1. The van der Waals surface area contributed by atoms with Gasteiger partial charge in [0.15, 0.2) is 5.75 Å². The Labute approximate surface area is 155 Å². The Hall–Kier alpha value is -2.28. The van der Waals surface area contributed by atoms with Gasteiger partial charge in [0.05, 0.1) is 11.3 Å². The Balaban J connectivity index is 2.41. The SMILES string of the molecule is CC(C)NC(=O)Nc1cccc2c1O[C@H](CN(C)C)[C@@H](C)CN(C)C2=O. The summed E-state index contributed by atoms with van der Waals surface area (Å²) in [4.78, 5) is 28.7. The molecule has 2 rings (SSSR count). The lowest BCUT2D eigenvalue weighted by Crippen LogP contribution is -2.44. The summed E-state index contributed by atoms with van der Waals surface area (Å²) in [5.41, 5.74) is 0.964. The molecule has 0 spiro atoms. The number of hydrogen-bond acceptors (Lipinski definition) is 4. The number of anilines is 1. The molecule has 26 heavy (non-hydrogen) atoms. The van der Waals surface area contributed by atoms with Gasteiger partial charge in [-0.05, 0) is 40.1 Å². The van der Waals surface area contributed by atoms with Gasteiger partial charge in [0.2, 0.25) is 0 Å². The molecule has 1 heterocycles. The van der Waals surface area contributed by atoms with Gasteiger partial charge in [-0.15, -0.1) is 0 Å². The van der Waals surface area contributed by atoms with Crippen LogP contribution in [0.2, 0.25) is 0 Å². The smallest absolute Gasteiger partial charge is 0.319 e. The summed E-state index contributed by atoms with van der Waals surface area (Å²) in [6.07, 6.45) is -0.101. The number of likely N-dealkylation sites (N-methyl/N-ethyl adjacent to an activating group) is 1. The molecule has 144 valence electrons. The van der Waals surface area contributed by atoms with Crippen LogP contribution in [0.5, 0.6) is 5.75 Å².